The van der Waals surface area contributed by atoms with E-state index in [0.29, 0.717) is 18.5 Å². The number of rotatable bonds is 6. The minimum Gasteiger partial charge on any atom is -0.356 e. The smallest absolute Gasteiger partial charge is 0.141 e. The standard InChI is InChI=1S/C17H30FN3/c1-12(2)9-19-10-14-8-15(18)11-20-16(14)21(7)13(3)17(4,5)6/h8,11-13,19H,9-10H2,1-7H3. The molecule has 0 saturated carbocycles. The predicted octanol–water partition coefficient (Wildman–Crippen LogP) is 3.84. The third-order valence-electron chi connectivity index (χ3n) is 3.95. The number of anilines is 1. The first-order valence-electron chi connectivity index (χ1n) is 7.71. The van der Waals surface area contributed by atoms with Crippen molar-refractivity contribution in [3.63, 3.8) is 0 Å². The maximum absolute atomic E-state index is 13.5. The predicted molar refractivity (Wildman–Crippen MR) is 88.1 cm³/mol. The largest absolute Gasteiger partial charge is 0.356 e. The second kappa shape index (κ2) is 7.21. The van der Waals surface area contributed by atoms with Crippen LogP contribution in [0.2, 0.25) is 0 Å². The van der Waals surface area contributed by atoms with E-state index in [1.165, 1.54) is 6.20 Å². The second-order valence-corrected chi connectivity index (χ2v) is 7.31. The van der Waals surface area contributed by atoms with Gasteiger partial charge in [-0.25, -0.2) is 9.37 Å². The Morgan fingerprint density at radius 2 is 1.90 bits per heavy atom. The molecule has 3 nitrogen and oxygen atoms in total. The third kappa shape index (κ3) is 5.27. The average Bonchev–Trinajstić information content (AvgIpc) is 2.35. The Labute approximate surface area is 129 Å². The van der Waals surface area contributed by atoms with Gasteiger partial charge in [-0.2, -0.15) is 0 Å². The molecule has 120 valence electrons. The van der Waals surface area contributed by atoms with Crippen LogP contribution in [0.4, 0.5) is 10.2 Å². The summed E-state index contributed by atoms with van der Waals surface area (Å²) in [4.78, 5) is 6.47. The molecule has 0 aliphatic carbocycles. The van der Waals surface area contributed by atoms with Gasteiger partial charge in [-0.05, 0) is 30.9 Å². The van der Waals surface area contributed by atoms with Crippen LogP contribution in [0.15, 0.2) is 12.3 Å². The average molecular weight is 295 g/mol. The van der Waals surface area contributed by atoms with E-state index in [4.69, 9.17) is 0 Å². The molecule has 0 saturated heterocycles. The van der Waals surface area contributed by atoms with Crippen molar-refractivity contribution in [2.24, 2.45) is 11.3 Å². The van der Waals surface area contributed by atoms with Crippen LogP contribution in [0.3, 0.4) is 0 Å². The number of nitrogens with one attached hydrogen (secondary N) is 1. The van der Waals surface area contributed by atoms with E-state index in [9.17, 15) is 4.39 Å². The minimum atomic E-state index is -0.281. The lowest BCUT2D eigenvalue weighted by Gasteiger charge is -2.37. The molecule has 0 radical (unpaired) electrons. The summed E-state index contributed by atoms with van der Waals surface area (Å²) in [5, 5.41) is 3.37. The van der Waals surface area contributed by atoms with Crippen LogP contribution >= 0.6 is 0 Å². The molecule has 1 unspecified atom stereocenters. The first-order chi connectivity index (χ1) is 9.62. The van der Waals surface area contributed by atoms with Gasteiger partial charge in [-0.15, -0.1) is 0 Å². The summed E-state index contributed by atoms with van der Waals surface area (Å²) in [7, 11) is 2.03. The molecule has 1 rings (SSSR count). The third-order valence-corrected chi connectivity index (χ3v) is 3.95. The fraction of sp³-hybridized carbons (Fsp3) is 0.706. The monoisotopic (exact) mass is 295 g/mol. The molecule has 0 aromatic carbocycles. The summed E-state index contributed by atoms with van der Waals surface area (Å²) in [6.45, 7) is 14.7. The summed E-state index contributed by atoms with van der Waals surface area (Å²) < 4.78 is 13.5. The molecule has 4 heteroatoms. The van der Waals surface area contributed by atoms with E-state index < -0.39 is 0 Å². The zero-order valence-corrected chi connectivity index (χ0v) is 14.5. The lowest BCUT2D eigenvalue weighted by molar-refractivity contribution is 0.328. The van der Waals surface area contributed by atoms with Crippen LogP contribution in [-0.2, 0) is 6.54 Å². The maximum atomic E-state index is 13.5. The second-order valence-electron chi connectivity index (χ2n) is 7.31. The van der Waals surface area contributed by atoms with Gasteiger partial charge < -0.3 is 10.2 Å². The van der Waals surface area contributed by atoms with Crippen molar-refractivity contribution in [1.29, 1.82) is 0 Å². The molecule has 0 aliphatic heterocycles. The van der Waals surface area contributed by atoms with Crippen molar-refractivity contribution >= 4 is 5.82 Å². The summed E-state index contributed by atoms with van der Waals surface area (Å²) in [6, 6.07) is 1.89. The Morgan fingerprint density at radius 1 is 1.29 bits per heavy atom. The molecular weight excluding hydrogens is 265 g/mol. The number of hydrogen-bond donors (Lipinski definition) is 1. The van der Waals surface area contributed by atoms with Crippen molar-refractivity contribution in [2.45, 2.75) is 54.1 Å². The number of aromatic nitrogens is 1. The Balaban J connectivity index is 2.95. The highest BCUT2D eigenvalue weighted by Gasteiger charge is 2.26. The van der Waals surface area contributed by atoms with Gasteiger partial charge in [0.1, 0.15) is 11.6 Å². The Bertz CT molecular complexity index is 452. The van der Waals surface area contributed by atoms with E-state index in [2.05, 4.69) is 56.7 Å². The quantitative estimate of drug-likeness (QED) is 0.864. The molecule has 1 N–H and O–H groups in total. The van der Waals surface area contributed by atoms with Gasteiger partial charge in [0.05, 0.1) is 6.20 Å². The van der Waals surface area contributed by atoms with E-state index in [1.807, 2.05) is 7.05 Å². The van der Waals surface area contributed by atoms with Crippen molar-refractivity contribution in [2.75, 3.05) is 18.5 Å². The van der Waals surface area contributed by atoms with Crippen molar-refractivity contribution in [1.82, 2.24) is 10.3 Å². The van der Waals surface area contributed by atoms with Crippen LogP contribution in [-0.4, -0.2) is 24.6 Å². The van der Waals surface area contributed by atoms with E-state index in [-0.39, 0.29) is 11.2 Å². The Hall–Kier alpha value is -1.16. The summed E-state index contributed by atoms with van der Waals surface area (Å²) in [5.41, 5.74) is 1.04. The molecule has 21 heavy (non-hydrogen) atoms. The van der Waals surface area contributed by atoms with Crippen LogP contribution in [0.1, 0.15) is 47.1 Å². The highest BCUT2D eigenvalue weighted by molar-refractivity contribution is 5.47. The van der Waals surface area contributed by atoms with Crippen LogP contribution in [0, 0.1) is 17.2 Å². The number of hydrogen-bond acceptors (Lipinski definition) is 3. The lowest BCUT2D eigenvalue weighted by Crippen LogP contribution is -2.40. The van der Waals surface area contributed by atoms with E-state index >= 15 is 0 Å². The summed E-state index contributed by atoms with van der Waals surface area (Å²) in [6.07, 6.45) is 1.30. The maximum Gasteiger partial charge on any atom is 0.141 e. The van der Waals surface area contributed by atoms with E-state index in [0.717, 1.165) is 17.9 Å². The molecule has 1 heterocycles. The van der Waals surface area contributed by atoms with Gasteiger partial charge in [0.15, 0.2) is 0 Å². The van der Waals surface area contributed by atoms with Crippen molar-refractivity contribution in [3.8, 4) is 0 Å². The number of nitrogens with zero attached hydrogens (tertiary/aromatic N) is 2. The van der Waals surface area contributed by atoms with Gasteiger partial charge in [-0.3, -0.25) is 0 Å². The molecule has 1 aromatic heterocycles. The molecule has 0 aliphatic rings. The zero-order valence-electron chi connectivity index (χ0n) is 14.5. The molecule has 0 bridgehead atoms. The molecule has 1 aromatic rings. The molecule has 1 atom stereocenters. The van der Waals surface area contributed by atoms with Gasteiger partial charge in [0, 0.05) is 25.2 Å². The van der Waals surface area contributed by atoms with Crippen LogP contribution < -0.4 is 10.2 Å². The normalized spacial score (nSPS) is 13.6. The summed E-state index contributed by atoms with van der Waals surface area (Å²) >= 11 is 0. The summed E-state index contributed by atoms with van der Waals surface area (Å²) in [5.74, 6) is 1.15. The molecule has 0 fully saturated rings. The van der Waals surface area contributed by atoms with Gasteiger partial charge in [0.25, 0.3) is 0 Å². The van der Waals surface area contributed by atoms with Gasteiger partial charge >= 0.3 is 0 Å². The minimum absolute atomic E-state index is 0.132. The number of halogens is 1. The van der Waals surface area contributed by atoms with Gasteiger partial charge in [-0.1, -0.05) is 34.6 Å². The first kappa shape index (κ1) is 17.9. The zero-order chi connectivity index (χ0) is 16.2. The number of pyridine rings is 1. The fourth-order valence-corrected chi connectivity index (χ4v) is 2.18. The Kier molecular flexibility index (Phi) is 6.14. The Morgan fingerprint density at radius 3 is 2.43 bits per heavy atom. The molecule has 0 amide bonds. The van der Waals surface area contributed by atoms with Crippen molar-refractivity contribution < 1.29 is 4.39 Å². The van der Waals surface area contributed by atoms with Crippen LogP contribution in [0.5, 0.6) is 0 Å². The SMILES string of the molecule is CC(C)CNCc1cc(F)cnc1N(C)C(C)C(C)(C)C. The highest BCUT2D eigenvalue weighted by Crippen LogP contribution is 2.28. The lowest BCUT2D eigenvalue weighted by atomic mass is 9.87. The molecular formula is C17H30FN3. The van der Waals surface area contributed by atoms with Gasteiger partial charge in [0.2, 0.25) is 0 Å². The van der Waals surface area contributed by atoms with E-state index in [1.54, 1.807) is 6.07 Å². The highest BCUT2D eigenvalue weighted by atomic mass is 19.1. The topological polar surface area (TPSA) is 28.2 Å². The molecule has 0 spiro atoms. The van der Waals surface area contributed by atoms with Crippen LogP contribution in [0.25, 0.3) is 0 Å². The fourth-order valence-electron chi connectivity index (χ4n) is 2.18. The first-order valence-corrected chi connectivity index (χ1v) is 7.71. The van der Waals surface area contributed by atoms with Crippen molar-refractivity contribution in [3.05, 3.63) is 23.6 Å².